The van der Waals surface area contributed by atoms with Crippen LogP contribution >= 0.6 is 0 Å². The first-order valence-electron chi connectivity index (χ1n) is 3.52. The van der Waals surface area contributed by atoms with Gasteiger partial charge in [0.15, 0.2) is 0 Å². The molecule has 0 aromatic rings. The Hall–Kier alpha value is -1.30. The molecule has 0 fully saturated rings. The molecule has 12 heavy (non-hydrogen) atoms. The van der Waals surface area contributed by atoms with Gasteiger partial charge in [0.2, 0.25) is 5.91 Å². The molecule has 3 amide bonds. The Kier molecular flexibility index (Phi) is 4.78. The molecule has 0 saturated carbocycles. The minimum Gasteiger partial charge on any atom is -0.349 e. The van der Waals surface area contributed by atoms with Gasteiger partial charge in [0.1, 0.15) is 0 Å². The molecule has 0 aromatic carbocycles. The largest absolute Gasteiger partial charge is 0.349 e. The number of hydrazine groups is 1. The van der Waals surface area contributed by atoms with Crippen LogP contribution in [-0.2, 0) is 4.79 Å². The van der Waals surface area contributed by atoms with Crippen LogP contribution in [0.25, 0.3) is 0 Å². The second kappa shape index (κ2) is 5.36. The Balaban J connectivity index is 3.44. The van der Waals surface area contributed by atoms with Crippen LogP contribution in [0.1, 0.15) is 6.42 Å². The lowest BCUT2D eigenvalue weighted by Gasteiger charge is -2.09. The molecule has 0 aliphatic heterocycles. The van der Waals surface area contributed by atoms with E-state index in [0.717, 1.165) is 0 Å². The molecule has 0 spiro atoms. The van der Waals surface area contributed by atoms with Gasteiger partial charge in [-0.1, -0.05) is 0 Å². The fourth-order valence-electron chi connectivity index (χ4n) is 0.558. The number of urea groups is 1. The maximum Gasteiger partial charge on any atom is 0.328 e. The van der Waals surface area contributed by atoms with E-state index in [-0.39, 0.29) is 12.3 Å². The van der Waals surface area contributed by atoms with Crippen LogP contribution in [0, 0.1) is 0 Å². The second-order valence-electron chi connectivity index (χ2n) is 2.44. The lowest BCUT2D eigenvalue weighted by atomic mass is 10.4. The minimum absolute atomic E-state index is 0.0349. The molecule has 0 aliphatic carbocycles. The molecule has 0 atom stereocenters. The van der Waals surface area contributed by atoms with Crippen molar-refractivity contribution in [2.24, 2.45) is 5.84 Å². The van der Waals surface area contributed by atoms with Gasteiger partial charge in [0.25, 0.3) is 0 Å². The third-order valence-corrected chi connectivity index (χ3v) is 1.25. The van der Waals surface area contributed by atoms with Crippen LogP contribution in [0.2, 0.25) is 0 Å². The number of amides is 3. The molecular weight excluding hydrogens is 160 g/mol. The van der Waals surface area contributed by atoms with Gasteiger partial charge < -0.3 is 10.2 Å². The van der Waals surface area contributed by atoms with Gasteiger partial charge >= 0.3 is 6.03 Å². The van der Waals surface area contributed by atoms with Crippen LogP contribution in [0.3, 0.4) is 0 Å². The molecule has 0 unspecified atom stereocenters. The van der Waals surface area contributed by atoms with Gasteiger partial charge in [-0.3, -0.25) is 10.2 Å². The van der Waals surface area contributed by atoms with E-state index in [1.54, 1.807) is 14.1 Å². The lowest BCUT2D eigenvalue weighted by molar-refractivity contribution is -0.128. The van der Waals surface area contributed by atoms with E-state index in [9.17, 15) is 9.59 Å². The van der Waals surface area contributed by atoms with Crippen LogP contribution in [0.15, 0.2) is 0 Å². The van der Waals surface area contributed by atoms with Crippen LogP contribution in [0.4, 0.5) is 4.79 Å². The maximum absolute atomic E-state index is 10.9. The molecule has 0 heterocycles. The normalized spacial score (nSPS) is 8.92. The first-order chi connectivity index (χ1) is 5.57. The van der Waals surface area contributed by atoms with Crippen molar-refractivity contribution in [3.05, 3.63) is 0 Å². The van der Waals surface area contributed by atoms with E-state index in [2.05, 4.69) is 5.32 Å². The average molecular weight is 174 g/mol. The maximum atomic E-state index is 10.9. The summed E-state index contributed by atoms with van der Waals surface area (Å²) in [5.74, 6) is 4.76. The molecule has 0 aliphatic rings. The zero-order valence-electron chi connectivity index (χ0n) is 7.26. The third-order valence-electron chi connectivity index (χ3n) is 1.25. The Morgan fingerprint density at radius 3 is 2.42 bits per heavy atom. The molecule has 6 nitrogen and oxygen atoms in total. The standard InChI is InChI=1S/C6H14N4O2/c1-10(2)5(11)3-4-8-6(12)9-7/h3-4,7H2,1-2H3,(H2,8,9,12). The lowest BCUT2D eigenvalue weighted by Crippen LogP contribution is -2.41. The van der Waals surface area contributed by atoms with E-state index in [1.807, 2.05) is 5.43 Å². The van der Waals surface area contributed by atoms with Crippen molar-refractivity contribution in [2.75, 3.05) is 20.6 Å². The Morgan fingerprint density at radius 2 is 2.00 bits per heavy atom. The van der Waals surface area contributed by atoms with Gasteiger partial charge in [-0.25, -0.2) is 10.6 Å². The number of carbonyl (C=O) groups is 2. The molecule has 0 bridgehead atoms. The summed E-state index contributed by atoms with van der Waals surface area (Å²) in [6, 6.07) is -0.485. The third kappa shape index (κ3) is 4.51. The molecular formula is C6H14N4O2. The molecule has 70 valence electrons. The van der Waals surface area contributed by atoms with Gasteiger partial charge in [0.05, 0.1) is 0 Å². The highest BCUT2D eigenvalue weighted by Gasteiger charge is 2.03. The quantitative estimate of drug-likeness (QED) is 0.280. The highest BCUT2D eigenvalue weighted by molar-refractivity contribution is 5.77. The van der Waals surface area contributed by atoms with Crippen molar-refractivity contribution in [3.63, 3.8) is 0 Å². The Labute approximate surface area is 71.1 Å². The first kappa shape index (κ1) is 10.7. The summed E-state index contributed by atoms with van der Waals surface area (Å²) < 4.78 is 0. The smallest absolute Gasteiger partial charge is 0.328 e. The number of hydrogen-bond donors (Lipinski definition) is 3. The molecule has 4 N–H and O–H groups in total. The van der Waals surface area contributed by atoms with Gasteiger partial charge in [0, 0.05) is 27.1 Å². The number of rotatable bonds is 3. The molecule has 0 radical (unpaired) electrons. The van der Waals surface area contributed by atoms with E-state index < -0.39 is 6.03 Å². The zero-order chi connectivity index (χ0) is 9.56. The van der Waals surface area contributed by atoms with Crippen molar-refractivity contribution in [3.8, 4) is 0 Å². The van der Waals surface area contributed by atoms with E-state index >= 15 is 0 Å². The molecule has 0 aromatic heterocycles. The van der Waals surface area contributed by atoms with Crippen molar-refractivity contribution in [1.82, 2.24) is 15.6 Å². The summed E-state index contributed by atoms with van der Waals surface area (Å²) in [4.78, 5) is 22.9. The fraction of sp³-hybridized carbons (Fsp3) is 0.667. The number of nitrogens with two attached hydrogens (primary N) is 1. The van der Waals surface area contributed by atoms with Gasteiger partial charge in [-0.05, 0) is 0 Å². The van der Waals surface area contributed by atoms with Gasteiger partial charge in [-0.15, -0.1) is 0 Å². The van der Waals surface area contributed by atoms with Crippen molar-refractivity contribution in [1.29, 1.82) is 0 Å². The summed E-state index contributed by atoms with van der Waals surface area (Å²) in [6.07, 6.45) is 0.278. The fourth-order valence-corrected chi connectivity index (χ4v) is 0.558. The van der Waals surface area contributed by atoms with Crippen molar-refractivity contribution in [2.45, 2.75) is 6.42 Å². The van der Waals surface area contributed by atoms with Gasteiger partial charge in [-0.2, -0.15) is 0 Å². The number of nitrogens with one attached hydrogen (secondary N) is 2. The molecule has 6 heteroatoms. The minimum atomic E-state index is -0.485. The predicted octanol–water partition coefficient (Wildman–Crippen LogP) is -1.36. The summed E-state index contributed by atoms with van der Waals surface area (Å²) in [7, 11) is 3.32. The van der Waals surface area contributed by atoms with Crippen molar-refractivity contribution < 1.29 is 9.59 Å². The second-order valence-corrected chi connectivity index (χ2v) is 2.44. The van der Waals surface area contributed by atoms with Crippen LogP contribution < -0.4 is 16.6 Å². The van der Waals surface area contributed by atoms with E-state index in [4.69, 9.17) is 5.84 Å². The number of hydrogen-bond acceptors (Lipinski definition) is 3. The van der Waals surface area contributed by atoms with E-state index in [1.165, 1.54) is 4.90 Å². The monoisotopic (exact) mass is 174 g/mol. The summed E-state index contributed by atoms with van der Waals surface area (Å²) in [5, 5.41) is 2.40. The predicted molar refractivity (Wildman–Crippen MR) is 44.0 cm³/mol. The van der Waals surface area contributed by atoms with Crippen LogP contribution in [-0.4, -0.2) is 37.5 Å². The molecule has 0 saturated heterocycles. The molecule has 0 rings (SSSR count). The first-order valence-corrected chi connectivity index (χ1v) is 3.52. The van der Waals surface area contributed by atoms with Crippen LogP contribution in [0.5, 0.6) is 0 Å². The highest BCUT2D eigenvalue weighted by Crippen LogP contribution is 1.84. The average Bonchev–Trinajstić information content (AvgIpc) is 2.03. The Morgan fingerprint density at radius 1 is 1.42 bits per heavy atom. The van der Waals surface area contributed by atoms with E-state index in [0.29, 0.717) is 6.54 Å². The zero-order valence-corrected chi connectivity index (χ0v) is 7.26. The van der Waals surface area contributed by atoms with Crippen molar-refractivity contribution >= 4 is 11.9 Å². The Bertz CT molecular complexity index is 169. The summed E-state index contributed by atoms with van der Waals surface area (Å²) in [5.41, 5.74) is 1.89. The SMILES string of the molecule is CN(C)C(=O)CCNC(=O)NN. The topological polar surface area (TPSA) is 87.5 Å². The highest BCUT2D eigenvalue weighted by atomic mass is 16.2. The summed E-state index contributed by atoms with van der Waals surface area (Å²) in [6.45, 7) is 0.292. The number of nitrogens with zero attached hydrogens (tertiary/aromatic N) is 1. The number of carbonyl (C=O) groups excluding carboxylic acids is 2. The summed E-state index contributed by atoms with van der Waals surface area (Å²) >= 11 is 0.